The van der Waals surface area contributed by atoms with Crippen LogP contribution in [-0.2, 0) is 29.3 Å². The Morgan fingerprint density at radius 1 is 1.21 bits per heavy atom. The Labute approximate surface area is 187 Å². The van der Waals surface area contributed by atoms with Crippen molar-refractivity contribution in [3.8, 4) is 28.8 Å². The second-order valence-electron chi connectivity index (χ2n) is 7.16. The minimum absolute atomic E-state index is 0.0762. The third-order valence-electron chi connectivity index (χ3n) is 5.14. The Balaban J connectivity index is 1.84. The summed E-state index contributed by atoms with van der Waals surface area (Å²) in [5, 5.41) is 12.9. The number of benzene rings is 2. The van der Waals surface area contributed by atoms with Crippen molar-refractivity contribution in [2.45, 2.75) is 24.2 Å². The number of nitriles is 1. The predicted octanol–water partition coefficient (Wildman–Crippen LogP) is 3.24. The van der Waals surface area contributed by atoms with Gasteiger partial charge in [-0.15, -0.1) is 0 Å². The summed E-state index contributed by atoms with van der Waals surface area (Å²) in [7, 11) is -2.56. The number of alkyl halides is 3. The van der Waals surface area contributed by atoms with E-state index in [1.807, 2.05) is 0 Å². The van der Waals surface area contributed by atoms with Crippen LogP contribution in [0.5, 0.6) is 11.5 Å². The lowest BCUT2D eigenvalue weighted by Crippen LogP contribution is -2.28. The molecule has 0 atom stereocenters. The van der Waals surface area contributed by atoms with Gasteiger partial charge in [-0.1, -0.05) is 0 Å². The Morgan fingerprint density at radius 3 is 2.58 bits per heavy atom. The van der Waals surface area contributed by atoms with E-state index in [0.29, 0.717) is 25.5 Å². The number of rotatable bonds is 5. The molecule has 0 saturated heterocycles. The molecule has 0 bridgehead atoms. The molecule has 0 spiro atoms. The van der Waals surface area contributed by atoms with Crippen molar-refractivity contribution in [3.63, 3.8) is 0 Å². The predicted molar refractivity (Wildman–Crippen MR) is 112 cm³/mol. The summed E-state index contributed by atoms with van der Waals surface area (Å²) < 4.78 is 73.1. The molecule has 4 rings (SSSR count). The van der Waals surface area contributed by atoms with Crippen molar-refractivity contribution < 1.29 is 26.3 Å². The number of aromatic nitrogens is 2. The van der Waals surface area contributed by atoms with Gasteiger partial charge in [-0.3, -0.25) is 0 Å². The maximum atomic E-state index is 12.9. The van der Waals surface area contributed by atoms with Crippen LogP contribution in [0.3, 0.4) is 0 Å². The zero-order valence-electron chi connectivity index (χ0n) is 17.3. The first-order chi connectivity index (χ1) is 15.6. The maximum Gasteiger partial charge on any atom is 0.416 e. The van der Waals surface area contributed by atoms with E-state index >= 15 is 0 Å². The molecule has 33 heavy (non-hydrogen) atoms. The highest BCUT2D eigenvalue weighted by molar-refractivity contribution is 7.89. The SMILES string of the molecule is CNS(=O)(=O)c1ccc(Oc2ccc(C(F)(F)F)cc2)c(-c2nc3n(c2C#N)CCNC3)c1. The molecule has 2 aromatic carbocycles. The van der Waals surface area contributed by atoms with Gasteiger partial charge in [0.1, 0.15) is 34.8 Å². The first-order valence-corrected chi connectivity index (χ1v) is 11.3. The van der Waals surface area contributed by atoms with Crippen LogP contribution in [0, 0.1) is 11.3 Å². The molecule has 1 aliphatic heterocycles. The number of nitrogens with one attached hydrogen (secondary N) is 2. The molecule has 0 aliphatic carbocycles. The molecule has 0 saturated carbocycles. The van der Waals surface area contributed by atoms with E-state index in [2.05, 4.69) is 21.1 Å². The van der Waals surface area contributed by atoms with Crippen LogP contribution < -0.4 is 14.8 Å². The van der Waals surface area contributed by atoms with Crippen molar-refractivity contribution in [1.29, 1.82) is 5.26 Å². The summed E-state index contributed by atoms with van der Waals surface area (Å²) >= 11 is 0. The van der Waals surface area contributed by atoms with Crippen LogP contribution in [0.4, 0.5) is 13.2 Å². The fourth-order valence-corrected chi connectivity index (χ4v) is 4.23. The van der Waals surface area contributed by atoms with Crippen molar-refractivity contribution in [2.24, 2.45) is 0 Å². The number of fused-ring (bicyclic) bond motifs is 1. The molecule has 0 amide bonds. The molecule has 0 fully saturated rings. The summed E-state index contributed by atoms with van der Waals surface area (Å²) in [6, 6.07) is 10.2. The molecule has 2 heterocycles. The highest BCUT2D eigenvalue weighted by atomic mass is 32.2. The molecular formula is C21H18F3N5O3S. The minimum atomic E-state index is -4.49. The van der Waals surface area contributed by atoms with Crippen molar-refractivity contribution in [3.05, 3.63) is 59.5 Å². The highest BCUT2D eigenvalue weighted by Gasteiger charge is 2.30. The summed E-state index contributed by atoms with van der Waals surface area (Å²) in [6.07, 6.45) is -4.49. The highest BCUT2D eigenvalue weighted by Crippen LogP contribution is 2.38. The maximum absolute atomic E-state index is 12.9. The average Bonchev–Trinajstić information content (AvgIpc) is 3.17. The molecule has 0 radical (unpaired) electrons. The summed E-state index contributed by atoms with van der Waals surface area (Å²) in [5.74, 6) is 0.859. The van der Waals surface area contributed by atoms with Gasteiger partial charge in [0.15, 0.2) is 0 Å². The van der Waals surface area contributed by atoms with Gasteiger partial charge < -0.3 is 14.6 Å². The Bertz CT molecular complexity index is 1340. The van der Waals surface area contributed by atoms with E-state index in [0.717, 1.165) is 24.3 Å². The van der Waals surface area contributed by atoms with Gasteiger partial charge in [0, 0.05) is 18.7 Å². The fourth-order valence-electron chi connectivity index (χ4n) is 3.47. The number of nitrogens with zero attached hydrogens (tertiary/aromatic N) is 3. The summed E-state index contributed by atoms with van der Waals surface area (Å²) in [5.41, 5.74) is -0.134. The van der Waals surface area contributed by atoms with E-state index in [9.17, 15) is 26.9 Å². The molecule has 172 valence electrons. The van der Waals surface area contributed by atoms with Crippen molar-refractivity contribution >= 4 is 10.0 Å². The standard InChI is InChI=1S/C21H18F3N5O3S/c1-26-33(30,31)15-6-7-18(32-14-4-2-13(3-5-14)21(22,23)24)16(10-15)20-17(11-25)29-9-8-27-12-19(29)28-20/h2-7,10,26-27H,8-9,12H2,1H3. The minimum Gasteiger partial charge on any atom is -0.457 e. The largest absolute Gasteiger partial charge is 0.457 e. The lowest BCUT2D eigenvalue weighted by molar-refractivity contribution is -0.137. The lowest BCUT2D eigenvalue weighted by Gasteiger charge is -2.15. The van der Waals surface area contributed by atoms with Crippen molar-refractivity contribution in [1.82, 2.24) is 19.6 Å². The van der Waals surface area contributed by atoms with Gasteiger partial charge in [0.2, 0.25) is 10.0 Å². The van der Waals surface area contributed by atoms with Gasteiger partial charge >= 0.3 is 6.18 Å². The monoisotopic (exact) mass is 477 g/mol. The zero-order chi connectivity index (χ0) is 23.8. The molecule has 1 aliphatic rings. The van der Waals surface area contributed by atoms with Crippen LogP contribution in [0.2, 0.25) is 0 Å². The molecule has 2 N–H and O–H groups in total. The third-order valence-corrected chi connectivity index (χ3v) is 6.55. The normalized spacial score (nSPS) is 13.9. The molecule has 0 unspecified atom stereocenters. The number of ether oxygens (including phenoxy) is 1. The van der Waals surface area contributed by atoms with E-state index < -0.39 is 21.8 Å². The van der Waals surface area contributed by atoms with Gasteiger partial charge in [-0.05, 0) is 49.5 Å². The van der Waals surface area contributed by atoms with Gasteiger partial charge in [0.25, 0.3) is 0 Å². The topological polar surface area (TPSA) is 109 Å². The van der Waals surface area contributed by atoms with E-state index in [-0.39, 0.29) is 33.3 Å². The van der Waals surface area contributed by atoms with Crippen LogP contribution in [0.15, 0.2) is 47.4 Å². The summed E-state index contributed by atoms with van der Waals surface area (Å²) in [4.78, 5) is 4.45. The Hall–Kier alpha value is -3.40. The van der Waals surface area contributed by atoms with Crippen LogP contribution in [0.1, 0.15) is 17.1 Å². The van der Waals surface area contributed by atoms with Crippen molar-refractivity contribution in [2.75, 3.05) is 13.6 Å². The zero-order valence-corrected chi connectivity index (χ0v) is 18.1. The second kappa shape index (κ2) is 8.51. The second-order valence-corrected chi connectivity index (χ2v) is 9.04. The molecule has 8 nitrogen and oxygen atoms in total. The fraction of sp³-hybridized carbons (Fsp3) is 0.238. The van der Waals surface area contributed by atoms with Crippen LogP contribution in [-0.4, -0.2) is 31.6 Å². The average molecular weight is 477 g/mol. The van der Waals surface area contributed by atoms with Gasteiger partial charge in [-0.2, -0.15) is 18.4 Å². The van der Waals surface area contributed by atoms with E-state index in [1.165, 1.54) is 25.2 Å². The van der Waals surface area contributed by atoms with E-state index in [4.69, 9.17) is 4.74 Å². The number of hydrogen-bond donors (Lipinski definition) is 2. The Morgan fingerprint density at radius 2 is 1.94 bits per heavy atom. The number of halogens is 3. The molecule has 1 aromatic heterocycles. The first kappa shape index (κ1) is 22.8. The smallest absolute Gasteiger partial charge is 0.416 e. The number of sulfonamides is 1. The van der Waals surface area contributed by atoms with Crippen LogP contribution in [0.25, 0.3) is 11.3 Å². The Kier molecular flexibility index (Phi) is 5.87. The molecule has 3 aromatic rings. The number of hydrogen-bond acceptors (Lipinski definition) is 6. The first-order valence-electron chi connectivity index (χ1n) is 9.77. The number of imidazole rings is 1. The van der Waals surface area contributed by atoms with Gasteiger partial charge in [-0.25, -0.2) is 18.1 Å². The lowest BCUT2D eigenvalue weighted by atomic mass is 10.1. The van der Waals surface area contributed by atoms with Crippen LogP contribution >= 0.6 is 0 Å². The molecule has 12 heteroatoms. The quantitative estimate of drug-likeness (QED) is 0.584. The summed E-state index contributed by atoms with van der Waals surface area (Å²) in [6.45, 7) is 1.58. The van der Waals surface area contributed by atoms with Gasteiger partial charge in [0.05, 0.1) is 17.0 Å². The third kappa shape index (κ3) is 4.43. The van der Waals surface area contributed by atoms with E-state index in [1.54, 1.807) is 4.57 Å². The molecular weight excluding hydrogens is 459 g/mol.